The zero-order valence-corrected chi connectivity index (χ0v) is 14.2. The minimum Gasteiger partial charge on any atom is -0.496 e. The van der Waals surface area contributed by atoms with Crippen molar-refractivity contribution in [3.05, 3.63) is 42.0 Å². The number of hydrogen-bond donors (Lipinski definition) is 1. The number of nitrogens with two attached hydrogens (primary N) is 1. The van der Waals surface area contributed by atoms with Crippen molar-refractivity contribution in [1.82, 2.24) is 4.90 Å². The van der Waals surface area contributed by atoms with Crippen molar-refractivity contribution < 1.29 is 4.74 Å². The molecule has 0 aliphatic carbocycles. The number of likely N-dealkylation sites (tertiary alicyclic amines) is 1. The summed E-state index contributed by atoms with van der Waals surface area (Å²) in [5, 5.41) is 2.48. The van der Waals surface area contributed by atoms with E-state index < -0.39 is 0 Å². The molecule has 3 rings (SSSR count). The lowest BCUT2D eigenvalue weighted by Gasteiger charge is -2.23. The van der Waals surface area contributed by atoms with Crippen LogP contribution in [-0.2, 0) is 6.54 Å². The van der Waals surface area contributed by atoms with Crippen molar-refractivity contribution in [2.24, 2.45) is 11.1 Å². The van der Waals surface area contributed by atoms with Gasteiger partial charge in [-0.05, 0) is 41.9 Å². The molecule has 1 fully saturated rings. The normalized spacial score (nSPS) is 21.8. The molecule has 2 N–H and O–H groups in total. The van der Waals surface area contributed by atoms with Gasteiger partial charge in [-0.25, -0.2) is 0 Å². The first-order valence-corrected chi connectivity index (χ1v) is 7.62. The standard InChI is InChI=1S/C18H24N2O.ClH/c1-18(12-19)9-10-20(13-18)11-14-7-8-17(21-2)16-6-4-3-5-15(14)16;/h3-8H,9-13,19H2,1-2H3;1H. The number of rotatable bonds is 4. The molecule has 1 saturated heterocycles. The van der Waals surface area contributed by atoms with Crippen molar-refractivity contribution >= 4 is 23.2 Å². The van der Waals surface area contributed by atoms with E-state index in [2.05, 4.69) is 48.2 Å². The van der Waals surface area contributed by atoms with E-state index in [0.29, 0.717) is 0 Å². The topological polar surface area (TPSA) is 38.5 Å². The molecule has 3 nitrogen and oxygen atoms in total. The molecule has 120 valence electrons. The van der Waals surface area contributed by atoms with Gasteiger partial charge in [0.15, 0.2) is 0 Å². The third-order valence-electron chi connectivity index (χ3n) is 4.72. The van der Waals surface area contributed by atoms with E-state index in [0.717, 1.165) is 31.9 Å². The number of fused-ring (bicyclic) bond motifs is 1. The zero-order valence-electron chi connectivity index (χ0n) is 13.3. The van der Waals surface area contributed by atoms with Crippen LogP contribution in [0.3, 0.4) is 0 Å². The van der Waals surface area contributed by atoms with Crippen LogP contribution in [0.25, 0.3) is 10.8 Å². The number of halogens is 1. The van der Waals surface area contributed by atoms with E-state index in [4.69, 9.17) is 10.5 Å². The number of ether oxygens (including phenoxy) is 1. The average Bonchev–Trinajstić information content (AvgIpc) is 2.90. The predicted octanol–water partition coefficient (Wildman–Crippen LogP) is 3.44. The van der Waals surface area contributed by atoms with Crippen LogP contribution in [0.2, 0.25) is 0 Å². The molecule has 1 unspecified atom stereocenters. The fraction of sp³-hybridized carbons (Fsp3) is 0.444. The van der Waals surface area contributed by atoms with Gasteiger partial charge in [-0.3, -0.25) is 4.90 Å². The fourth-order valence-corrected chi connectivity index (χ4v) is 3.32. The van der Waals surface area contributed by atoms with E-state index in [9.17, 15) is 0 Å². The Labute approximate surface area is 138 Å². The van der Waals surface area contributed by atoms with Crippen LogP contribution in [0.15, 0.2) is 36.4 Å². The largest absolute Gasteiger partial charge is 0.496 e. The van der Waals surface area contributed by atoms with Crippen molar-refractivity contribution in [3.8, 4) is 5.75 Å². The maximum atomic E-state index is 5.91. The smallest absolute Gasteiger partial charge is 0.126 e. The van der Waals surface area contributed by atoms with Gasteiger partial charge in [0.1, 0.15) is 5.75 Å². The quantitative estimate of drug-likeness (QED) is 0.938. The fourth-order valence-electron chi connectivity index (χ4n) is 3.32. The molecule has 1 heterocycles. The first-order chi connectivity index (χ1) is 10.1. The summed E-state index contributed by atoms with van der Waals surface area (Å²) < 4.78 is 5.47. The zero-order chi connectivity index (χ0) is 14.9. The van der Waals surface area contributed by atoms with Gasteiger partial charge in [0.2, 0.25) is 0 Å². The number of methoxy groups -OCH3 is 1. The van der Waals surface area contributed by atoms with Gasteiger partial charge in [-0.15, -0.1) is 12.4 Å². The highest BCUT2D eigenvalue weighted by Gasteiger charge is 2.32. The lowest BCUT2D eigenvalue weighted by Crippen LogP contribution is -2.31. The Kier molecular flexibility index (Phi) is 5.32. The summed E-state index contributed by atoms with van der Waals surface area (Å²) in [6, 6.07) is 12.8. The second kappa shape index (κ2) is 6.86. The molecule has 0 bridgehead atoms. The summed E-state index contributed by atoms with van der Waals surface area (Å²) in [6.45, 7) is 6.27. The van der Waals surface area contributed by atoms with E-state index in [1.165, 1.54) is 22.8 Å². The molecule has 2 aromatic rings. The maximum absolute atomic E-state index is 5.91. The minimum atomic E-state index is 0. The summed E-state index contributed by atoms with van der Waals surface area (Å²) in [5.74, 6) is 0.947. The predicted molar refractivity (Wildman–Crippen MR) is 94.8 cm³/mol. The van der Waals surface area contributed by atoms with E-state index >= 15 is 0 Å². The first-order valence-electron chi connectivity index (χ1n) is 7.62. The van der Waals surface area contributed by atoms with Crippen molar-refractivity contribution in [1.29, 1.82) is 0 Å². The first kappa shape index (κ1) is 17.1. The van der Waals surface area contributed by atoms with Crippen molar-refractivity contribution in [2.75, 3.05) is 26.7 Å². The molecular weight excluding hydrogens is 296 g/mol. The molecule has 1 atom stereocenters. The second-order valence-corrected chi connectivity index (χ2v) is 6.45. The summed E-state index contributed by atoms with van der Waals surface area (Å²) in [5.41, 5.74) is 7.56. The van der Waals surface area contributed by atoms with Gasteiger partial charge in [0, 0.05) is 18.5 Å². The van der Waals surface area contributed by atoms with Crippen LogP contribution >= 0.6 is 12.4 Å². The Morgan fingerprint density at radius 3 is 2.55 bits per heavy atom. The molecule has 1 aliphatic rings. The third-order valence-corrected chi connectivity index (χ3v) is 4.72. The molecule has 0 saturated carbocycles. The van der Waals surface area contributed by atoms with Crippen LogP contribution in [-0.4, -0.2) is 31.6 Å². The minimum absolute atomic E-state index is 0. The van der Waals surface area contributed by atoms with Gasteiger partial charge < -0.3 is 10.5 Å². The third kappa shape index (κ3) is 3.22. The van der Waals surface area contributed by atoms with Crippen molar-refractivity contribution in [3.63, 3.8) is 0 Å². The second-order valence-electron chi connectivity index (χ2n) is 6.45. The summed E-state index contributed by atoms with van der Waals surface area (Å²) in [6.07, 6.45) is 1.19. The number of nitrogens with zero attached hydrogens (tertiary/aromatic N) is 1. The highest BCUT2D eigenvalue weighted by atomic mass is 35.5. The van der Waals surface area contributed by atoms with Crippen LogP contribution < -0.4 is 10.5 Å². The molecule has 22 heavy (non-hydrogen) atoms. The van der Waals surface area contributed by atoms with E-state index in [1.54, 1.807) is 7.11 Å². The molecule has 0 radical (unpaired) electrons. The number of benzene rings is 2. The summed E-state index contributed by atoms with van der Waals surface area (Å²) >= 11 is 0. The molecule has 0 amide bonds. The van der Waals surface area contributed by atoms with Gasteiger partial charge in [0.25, 0.3) is 0 Å². The van der Waals surface area contributed by atoms with E-state index in [-0.39, 0.29) is 17.8 Å². The number of hydrogen-bond acceptors (Lipinski definition) is 3. The molecule has 2 aromatic carbocycles. The highest BCUT2D eigenvalue weighted by Crippen LogP contribution is 2.32. The maximum Gasteiger partial charge on any atom is 0.126 e. The van der Waals surface area contributed by atoms with Crippen LogP contribution in [0.4, 0.5) is 0 Å². The van der Waals surface area contributed by atoms with Gasteiger partial charge in [-0.2, -0.15) is 0 Å². The molecule has 4 heteroatoms. The average molecular weight is 321 g/mol. The monoisotopic (exact) mass is 320 g/mol. The van der Waals surface area contributed by atoms with Gasteiger partial charge in [-0.1, -0.05) is 37.3 Å². The Morgan fingerprint density at radius 1 is 1.18 bits per heavy atom. The highest BCUT2D eigenvalue weighted by molar-refractivity contribution is 5.91. The van der Waals surface area contributed by atoms with E-state index in [1.807, 2.05) is 0 Å². The Hall–Kier alpha value is -1.29. The van der Waals surface area contributed by atoms with Crippen molar-refractivity contribution in [2.45, 2.75) is 19.9 Å². The van der Waals surface area contributed by atoms with Gasteiger partial charge >= 0.3 is 0 Å². The summed E-state index contributed by atoms with van der Waals surface area (Å²) in [7, 11) is 1.73. The molecule has 0 aromatic heterocycles. The lowest BCUT2D eigenvalue weighted by atomic mass is 9.90. The van der Waals surface area contributed by atoms with Crippen LogP contribution in [0.5, 0.6) is 5.75 Å². The van der Waals surface area contributed by atoms with Gasteiger partial charge in [0.05, 0.1) is 7.11 Å². The Morgan fingerprint density at radius 2 is 1.91 bits per heavy atom. The molecule has 0 spiro atoms. The Balaban J connectivity index is 0.00000176. The molecular formula is C18H25ClN2O. The lowest BCUT2D eigenvalue weighted by molar-refractivity contribution is 0.275. The van der Waals surface area contributed by atoms with Crippen LogP contribution in [0, 0.1) is 5.41 Å². The SMILES string of the molecule is COc1ccc(CN2CCC(C)(CN)C2)c2ccccc12.Cl. The van der Waals surface area contributed by atoms with Crippen LogP contribution in [0.1, 0.15) is 18.9 Å². The Bertz CT molecular complexity index is 646. The molecule has 1 aliphatic heterocycles. The summed E-state index contributed by atoms with van der Waals surface area (Å²) in [4.78, 5) is 2.51.